The monoisotopic (exact) mass is 637 g/mol. The SMILES string of the molecule is c1ccc(-c2ccc3cc(-c4nc(-c5ccccc5)nc(-c5cccc(-c6cccc7ccc(-c8ccccc8)cc67)c5)n4)ccc3c2)cc1. The third-order valence-corrected chi connectivity index (χ3v) is 9.29. The summed E-state index contributed by atoms with van der Waals surface area (Å²) in [5.74, 6) is 1.93. The first kappa shape index (κ1) is 29.4. The van der Waals surface area contributed by atoms with Gasteiger partial charge in [-0.3, -0.25) is 0 Å². The molecule has 3 heteroatoms. The van der Waals surface area contributed by atoms with E-state index in [1.807, 2.05) is 36.4 Å². The highest BCUT2D eigenvalue weighted by Crippen LogP contribution is 2.35. The van der Waals surface area contributed by atoms with Crippen molar-refractivity contribution in [3.63, 3.8) is 0 Å². The lowest BCUT2D eigenvalue weighted by molar-refractivity contribution is 1.07. The fourth-order valence-corrected chi connectivity index (χ4v) is 6.71. The van der Waals surface area contributed by atoms with E-state index in [1.54, 1.807) is 0 Å². The summed E-state index contributed by atoms with van der Waals surface area (Å²) in [6.07, 6.45) is 0. The average molecular weight is 638 g/mol. The Balaban J connectivity index is 1.15. The first-order valence-corrected chi connectivity index (χ1v) is 16.9. The Morgan fingerprint density at radius 3 is 1.32 bits per heavy atom. The molecule has 0 aliphatic carbocycles. The van der Waals surface area contributed by atoms with Crippen molar-refractivity contribution in [1.82, 2.24) is 15.0 Å². The number of nitrogens with zero attached hydrogens (tertiary/aromatic N) is 3. The van der Waals surface area contributed by atoms with Crippen molar-refractivity contribution < 1.29 is 0 Å². The number of benzene rings is 8. The third kappa shape index (κ3) is 5.72. The molecule has 234 valence electrons. The Morgan fingerprint density at radius 1 is 0.240 bits per heavy atom. The van der Waals surface area contributed by atoms with E-state index in [-0.39, 0.29) is 0 Å². The van der Waals surface area contributed by atoms with E-state index >= 15 is 0 Å². The fourth-order valence-electron chi connectivity index (χ4n) is 6.71. The maximum atomic E-state index is 5.10. The molecular weight excluding hydrogens is 607 g/mol. The zero-order valence-electron chi connectivity index (χ0n) is 27.2. The standard InChI is InChI=1S/C47H31N3/c1-4-12-32(13-5-1)36-24-25-38-29-42(27-26-37(38)28-36)47-49-45(35-16-8-3-9-17-35)48-46(50-47)41-20-10-19-40(30-41)43-21-11-18-34-22-23-39(31-44(34)43)33-14-6-2-7-15-33/h1-31H. The molecule has 0 amide bonds. The van der Waals surface area contributed by atoms with Crippen molar-refractivity contribution in [3.05, 3.63) is 188 Å². The lowest BCUT2D eigenvalue weighted by Crippen LogP contribution is -2.00. The van der Waals surface area contributed by atoms with E-state index in [4.69, 9.17) is 15.0 Å². The van der Waals surface area contributed by atoms with Crippen molar-refractivity contribution in [2.24, 2.45) is 0 Å². The van der Waals surface area contributed by atoms with Crippen LogP contribution in [0.15, 0.2) is 188 Å². The van der Waals surface area contributed by atoms with E-state index in [0.717, 1.165) is 27.6 Å². The zero-order valence-corrected chi connectivity index (χ0v) is 27.2. The highest BCUT2D eigenvalue weighted by molar-refractivity contribution is 5.99. The van der Waals surface area contributed by atoms with Gasteiger partial charge in [0.15, 0.2) is 17.5 Å². The smallest absolute Gasteiger partial charge is 0.164 e. The van der Waals surface area contributed by atoms with E-state index in [2.05, 4.69) is 152 Å². The second-order valence-electron chi connectivity index (χ2n) is 12.5. The van der Waals surface area contributed by atoms with Crippen molar-refractivity contribution in [2.45, 2.75) is 0 Å². The predicted octanol–water partition coefficient (Wildman–Crippen LogP) is 12.2. The molecule has 0 aliphatic rings. The Kier molecular flexibility index (Phi) is 7.49. The molecule has 0 spiro atoms. The molecule has 1 aromatic heterocycles. The summed E-state index contributed by atoms with van der Waals surface area (Å²) in [6, 6.07) is 66.0. The van der Waals surface area contributed by atoms with Crippen molar-refractivity contribution in [1.29, 1.82) is 0 Å². The largest absolute Gasteiger partial charge is 0.208 e. The number of hydrogen-bond donors (Lipinski definition) is 0. The molecule has 0 saturated heterocycles. The third-order valence-electron chi connectivity index (χ3n) is 9.29. The van der Waals surface area contributed by atoms with Gasteiger partial charge in [-0.05, 0) is 79.2 Å². The number of rotatable bonds is 6. The van der Waals surface area contributed by atoms with Gasteiger partial charge in [-0.2, -0.15) is 0 Å². The first-order valence-electron chi connectivity index (χ1n) is 16.9. The molecule has 1 heterocycles. The summed E-state index contributed by atoms with van der Waals surface area (Å²) in [7, 11) is 0. The maximum absolute atomic E-state index is 5.10. The quantitative estimate of drug-likeness (QED) is 0.182. The van der Waals surface area contributed by atoms with Crippen LogP contribution in [0.3, 0.4) is 0 Å². The second-order valence-corrected chi connectivity index (χ2v) is 12.5. The molecule has 0 saturated carbocycles. The minimum Gasteiger partial charge on any atom is -0.208 e. The Morgan fingerprint density at radius 2 is 0.680 bits per heavy atom. The van der Waals surface area contributed by atoms with Crippen molar-refractivity contribution in [3.8, 4) is 67.5 Å². The molecule has 0 bridgehead atoms. The van der Waals surface area contributed by atoms with Crippen LogP contribution in [0, 0.1) is 0 Å². The van der Waals surface area contributed by atoms with Crippen LogP contribution in [0.1, 0.15) is 0 Å². The number of aromatic nitrogens is 3. The van der Waals surface area contributed by atoms with E-state index in [9.17, 15) is 0 Å². The van der Waals surface area contributed by atoms with Gasteiger partial charge in [-0.15, -0.1) is 0 Å². The lowest BCUT2D eigenvalue weighted by Gasteiger charge is -2.12. The summed E-state index contributed by atoms with van der Waals surface area (Å²) >= 11 is 0. The molecule has 0 atom stereocenters. The van der Waals surface area contributed by atoms with Crippen molar-refractivity contribution >= 4 is 21.5 Å². The summed E-state index contributed by atoms with van der Waals surface area (Å²) in [5.41, 5.74) is 9.92. The van der Waals surface area contributed by atoms with Crippen LogP contribution in [0.25, 0.3) is 89.1 Å². The van der Waals surface area contributed by atoms with Crippen LogP contribution in [-0.4, -0.2) is 15.0 Å². The molecule has 9 aromatic rings. The second kappa shape index (κ2) is 12.7. The van der Waals surface area contributed by atoms with Crippen LogP contribution >= 0.6 is 0 Å². The highest BCUT2D eigenvalue weighted by atomic mass is 15.0. The Hall–Kier alpha value is -6.71. The topological polar surface area (TPSA) is 38.7 Å². The molecule has 0 unspecified atom stereocenters. The fraction of sp³-hybridized carbons (Fsp3) is 0. The zero-order chi connectivity index (χ0) is 33.3. The average Bonchev–Trinajstić information content (AvgIpc) is 3.21. The first-order chi connectivity index (χ1) is 24.7. The summed E-state index contributed by atoms with van der Waals surface area (Å²) in [5, 5.41) is 4.72. The van der Waals surface area contributed by atoms with Gasteiger partial charge in [-0.1, -0.05) is 164 Å². The highest BCUT2D eigenvalue weighted by Gasteiger charge is 2.14. The molecule has 0 aliphatic heterocycles. The lowest BCUT2D eigenvalue weighted by atomic mass is 9.94. The predicted molar refractivity (Wildman–Crippen MR) is 207 cm³/mol. The van der Waals surface area contributed by atoms with Crippen LogP contribution in [0.5, 0.6) is 0 Å². The van der Waals surface area contributed by atoms with Crippen LogP contribution in [-0.2, 0) is 0 Å². The van der Waals surface area contributed by atoms with Gasteiger partial charge < -0.3 is 0 Å². The Labute approximate surface area is 291 Å². The summed E-state index contributed by atoms with van der Waals surface area (Å²) in [6.45, 7) is 0. The molecule has 9 rings (SSSR count). The van der Waals surface area contributed by atoms with E-state index < -0.39 is 0 Å². The molecule has 8 aromatic carbocycles. The number of fused-ring (bicyclic) bond motifs is 2. The molecule has 50 heavy (non-hydrogen) atoms. The minimum atomic E-state index is 0.639. The molecule has 0 N–H and O–H groups in total. The van der Waals surface area contributed by atoms with Gasteiger partial charge in [-0.25, -0.2) is 15.0 Å². The van der Waals surface area contributed by atoms with Crippen LogP contribution in [0.4, 0.5) is 0 Å². The van der Waals surface area contributed by atoms with Gasteiger partial charge in [0.05, 0.1) is 0 Å². The van der Waals surface area contributed by atoms with Crippen LogP contribution < -0.4 is 0 Å². The summed E-state index contributed by atoms with van der Waals surface area (Å²) in [4.78, 5) is 15.1. The number of hydrogen-bond acceptors (Lipinski definition) is 3. The van der Waals surface area contributed by atoms with E-state index in [0.29, 0.717) is 17.5 Å². The molecule has 0 fully saturated rings. The van der Waals surface area contributed by atoms with Gasteiger partial charge in [0.1, 0.15) is 0 Å². The van der Waals surface area contributed by atoms with Gasteiger partial charge >= 0.3 is 0 Å². The Bertz CT molecular complexity index is 2630. The normalized spacial score (nSPS) is 11.2. The summed E-state index contributed by atoms with van der Waals surface area (Å²) < 4.78 is 0. The minimum absolute atomic E-state index is 0.639. The van der Waals surface area contributed by atoms with E-state index in [1.165, 1.54) is 44.0 Å². The molecular formula is C47H31N3. The molecule has 0 radical (unpaired) electrons. The van der Waals surface area contributed by atoms with Crippen molar-refractivity contribution in [2.75, 3.05) is 0 Å². The van der Waals surface area contributed by atoms with Gasteiger partial charge in [0.25, 0.3) is 0 Å². The maximum Gasteiger partial charge on any atom is 0.164 e. The van der Waals surface area contributed by atoms with Gasteiger partial charge in [0, 0.05) is 16.7 Å². The van der Waals surface area contributed by atoms with Gasteiger partial charge in [0.2, 0.25) is 0 Å². The molecule has 3 nitrogen and oxygen atoms in total. The van der Waals surface area contributed by atoms with Crippen LogP contribution in [0.2, 0.25) is 0 Å².